The molecule has 2 N–H and O–H groups in total. The van der Waals surface area contributed by atoms with Gasteiger partial charge in [-0.1, -0.05) is 30.4 Å². The van der Waals surface area contributed by atoms with E-state index in [9.17, 15) is 5.11 Å². The number of fused-ring (bicyclic) bond motifs is 3. The Kier molecular flexibility index (Phi) is 2.77. The molecular weight excluding hydrogens is 276 g/mol. The van der Waals surface area contributed by atoms with Crippen molar-refractivity contribution in [3.05, 3.63) is 60.5 Å². The quantitative estimate of drug-likeness (QED) is 0.762. The molecule has 1 atom stereocenters. The maximum Gasteiger partial charge on any atom is 0.180 e. The number of hydrogen-bond donors (Lipinski definition) is 2. The molecule has 3 aromatic rings. The first-order valence-corrected chi connectivity index (χ1v) is 7.24. The van der Waals surface area contributed by atoms with E-state index < -0.39 is 5.60 Å². The van der Waals surface area contributed by atoms with Crippen molar-refractivity contribution in [3.63, 3.8) is 0 Å². The molecule has 0 amide bonds. The highest BCUT2D eigenvalue weighted by Crippen LogP contribution is 2.33. The van der Waals surface area contributed by atoms with Crippen LogP contribution in [0.5, 0.6) is 0 Å². The van der Waals surface area contributed by atoms with Crippen molar-refractivity contribution in [1.82, 2.24) is 14.4 Å². The van der Waals surface area contributed by atoms with Crippen LogP contribution in [0.15, 0.2) is 54.8 Å². The van der Waals surface area contributed by atoms with Crippen LogP contribution < -0.4 is 5.32 Å². The summed E-state index contributed by atoms with van der Waals surface area (Å²) in [7, 11) is 1.82. The van der Waals surface area contributed by atoms with E-state index in [0.29, 0.717) is 17.9 Å². The van der Waals surface area contributed by atoms with Crippen molar-refractivity contribution in [3.8, 4) is 0 Å². The van der Waals surface area contributed by atoms with Gasteiger partial charge in [-0.3, -0.25) is 4.40 Å². The molecular formula is C17H16N4O. The Hall–Kier alpha value is -2.66. The average molecular weight is 292 g/mol. The van der Waals surface area contributed by atoms with E-state index in [4.69, 9.17) is 0 Å². The molecule has 22 heavy (non-hydrogen) atoms. The van der Waals surface area contributed by atoms with Gasteiger partial charge < -0.3 is 10.4 Å². The molecule has 5 nitrogen and oxygen atoms in total. The molecule has 0 bridgehead atoms. The number of hydrogen-bond acceptors (Lipinski definition) is 4. The Balaban J connectivity index is 2.11. The second-order valence-corrected chi connectivity index (χ2v) is 5.42. The molecule has 1 unspecified atom stereocenters. The summed E-state index contributed by atoms with van der Waals surface area (Å²) in [6.07, 6.45) is 9.84. The molecule has 0 aliphatic heterocycles. The zero-order valence-corrected chi connectivity index (χ0v) is 12.2. The zero-order chi connectivity index (χ0) is 15.2. The molecule has 1 aromatic carbocycles. The van der Waals surface area contributed by atoms with Gasteiger partial charge in [0.1, 0.15) is 5.60 Å². The Bertz CT molecular complexity index is 925. The van der Waals surface area contributed by atoms with Gasteiger partial charge in [0.2, 0.25) is 0 Å². The summed E-state index contributed by atoms with van der Waals surface area (Å²) in [6.45, 7) is 0. The smallest absolute Gasteiger partial charge is 0.180 e. The third-order valence-electron chi connectivity index (χ3n) is 4.06. The van der Waals surface area contributed by atoms with Crippen LogP contribution in [-0.2, 0) is 5.60 Å². The van der Waals surface area contributed by atoms with Gasteiger partial charge in [0.15, 0.2) is 11.5 Å². The van der Waals surface area contributed by atoms with E-state index in [1.54, 1.807) is 6.20 Å². The molecule has 0 saturated carbocycles. The van der Waals surface area contributed by atoms with E-state index >= 15 is 0 Å². The minimum absolute atomic E-state index is 0.531. The number of anilines is 1. The van der Waals surface area contributed by atoms with Crippen LogP contribution in [0, 0.1) is 0 Å². The highest BCUT2D eigenvalue weighted by atomic mass is 16.3. The molecule has 2 aromatic heterocycles. The Morgan fingerprint density at radius 3 is 2.91 bits per heavy atom. The average Bonchev–Trinajstić information content (AvgIpc) is 3.01. The van der Waals surface area contributed by atoms with Crippen molar-refractivity contribution >= 4 is 22.5 Å². The largest absolute Gasteiger partial charge is 0.379 e. The number of rotatable bonds is 2. The lowest BCUT2D eigenvalue weighted by atomic mass is 9.92. The summed E-state index contributed by atoms with van der Waals surface area (Å²) in [5.74, 6) is 0.698. The van der Waals surface area contributed by atoms with E-state index in [-0.39, 0.29) is 0 Å². The lowest BCUT2D eigenvalue weighted by Crippen LogP contribution is -2.25. The van der Waals surface area contributed by atoms with Gasteiger partial charge in [0.25, 0.3) is 0 Å². The fourth-order valence-electron chi connectivity index (χ4n) is 2.95. The Morgan fingerprint density at radius 2 is 2.14 bits per heavy atom. The van der Waals surface area contributed by atoms with Gasteiger partial charge in [-0.25, -0.2) is 9.97 Å². The number of para-hydroxylation sites is 2. The summed E-state index contributed by atoms with van der Waals surface area (Å²) in [5.41, 5.74) is 2.20. The third kappa shape index (κ3) is 1.76. The van der Waals surface area contributed by atoms with Gasteiger partial charge in [0, 0.05) is 13.5 Å². The molecule has 0 radical (unpaired) electrons. The number of allylic oxidation sites excluding steroid dienone is 2. The topological polar surface area (TPSA) is 62.5 Å². The maximum absolute atomic E-state index is 11.0. The highest BCUT2D eigenvalue weighted by molar-refractivity contribution is 5.83. The minimum atomic E-state index is -1.05. The van der Waals surface area contributed by atoms with Crippen LogP contribution in [0.1, 0.15) is 12.1 Å². The standard InChI is InChI=1S/C17H16N4O/c1-18-15-16-19-11-14(17(22)9-5-2-6-10-17)21(16)13-8-4-3-7-12(13)20-15/h2-9,11,22H,10H2,1H3,(H,18,20). The van der Waals surface area contributed by atoms with Crippen molar-refractivity contribution in [2.45, 2.75) is 12.0 Å². The number of aliphatic hydroxyl groups is 1. The predicted molar refractivity (Wildman–Crippen MR) is 86.8 cm³/mol. The van der Waals surface area contributed by atoms with Crippen molar-refractivity contribution in [2.75, 3.05) is 12.4 Å². The van der Waals surface area contributed by atoms with Crippen molar-refractivity contribution < 1.29 is 5.11 Å². The second kappa shape index (κ2) is 4.68. The van der Waals surface area contributed by atoms with E-state index in [2.05, 4.69) is 15.3 Å². The number of nitrogens with zero attached hydrogens (tertiary/aromatic N) is 3. The molecule has 110 valence electrons. The molecule has 1 aliphatic carbocycles. The summed E-state index contributed by atoms with van der Waals surface area (Å²) in [6, 6.07) is 7.87. The van der Waals surface area contributed by atoms with Gasteiger partial charge in [0.05, 0.1) is 22.9 Å². The number of benzene rings is 1. The lowest BCUT2D eigenvalue weighted by molar-refractivity contribution is 0.0863. The summed E-state index contributed by atoms with van der Waals surface area (Å²) < 4.78 is 1.98. The number of aromatic nitrogens is 3. The Morgan fingerprint density at radius 1 is 1.27 bits per heavy atom. The van der Waals surface area contributed by atoms with E-state index in [1.165, 1.54) is 0 Å². The summed E-state index contributed by atoms with van der Waals surface area (Å²) in [5, 5.41) is 14.1. The zero-order valence-electron chi connectivity index (χ0n) is 12.2. The normalized spacial score (nSPS) is 20.8. The van der Waals surface area contributed by atoms with Crippen molar-refractivity contribution in [1.29, 1.82) is 0 Å². The van der Waals surface area contributed by atoms with Crippen LogP contribution in [0.3, 0.4) is 0 Å². The molecule has 2 heterocycles. The fraction of sp³-hybridized carbons (Fsp3) is 0.176. The maximum atomic E-state index is 11.0. The second-order valence-electron chi connectivity index (χ2n) is 5.42. The number of imidazole rings is 1. The molecule has 0 spiro atoms. The molecule has 5 heteroatoms. The van der Waals surface area contributed by atoms with Gasteiger partial charge in [-0.05, 0) is 18.2 Å². The van der Waals surface area contributed by atoms with Crippen molar-refractivity contribution in [2.24, 2.45) is 0 Å². The van der Waals surface area contributed by atoms with Crippen LogP contribution in [-0.4, -0.2) is 26.5 Å². The Labute approximate surface area is 127 Å². The van der Waals surface area contributed by atoms with Crippen LogP contribution in [0.2, 0.25) is 0 Å². The first-order valence-electron chi connectivity index (χ1n) is 7.24. The van der Waals surface area contributed by atoms with Gasteiger partial charge >= 0.3 is 0 Å². The minimum Gasteiger partial charge on any atom is -0.379 e. The molecule has 4 rings (SSSR count). The van der Waals surface area contributed by atoms with E-state index in [1.807, 2.05) is 60.0 Å². The monoisotopic (exact) mass is 292 g/mol. The highest BCUT2D eigenvalue weighted by Gasteiger charge is 2.30. The van der Waals surface area contributed by atoms with Gasteiger partial charge in [-0.15, -0.1) is 0 Å². The summed E-state index contributed by atoms with van der Waals surface area (Å²) >= 11 is 0. The van der Waals surface area contributed by atoms with Crippen LogP contribution >= 0.6 is 0 Å². The van der Waals surface area contributed by atoms with E-state index in [0.717, 1.165) is 16.7 Å². The first-order chi connectivity index (χ1) is 10.7. The van der Waals surface area contributed by atoms with Crippen LogP contribution in [0.4, 0.5) is 5.82 Å². The lowest BCUT2D eigenvalue weighted by Gasteiger charge is -2.25. The SMILES string of the molecule is CNc1nc2ccccc2n2c(C3(O)C=CC=CC3)cnc12. The third-order valence-corrected chi connectivity index (χ3v) is 4.06. The number of nitrogens with one attached hydrogen (secondary N) is 1. The predicted octanol–water partition coefficient (Wildman–Crippen LogP) is 2.63. The summed E-state index contributed by atoms with van der Waals surface area (Å²) in [4.78, 5) is 9.07. The van der Waals surface area contributed by atoms with Gasteiger partial charge in [-0.2, -0.15) is 0 Å². The first kappa shape index (κ1) is 13.0. The van der Waals surface area contributed by atoms with Crippen LogP contribution in [0.25, 0.3) is 16.7 Å². The molecule has 1 aliphatic rings. The molecule has 0 fully saturated rings. The fourth-order valence-corrected chi connectivity index (χ4v) is 2.95. The molecule has 0 saturated heterocycles.